The van der Waals surface area contributed by atoms with E-state index in [1.165, 1.54) is 6.07 Å². The van der Waals surface area contributed by atoms with E-state index in [9.17, 15) is 17.6 Å². The Morgan fingerprint density at radius 3 is 2.24 bits per heavy atom. The molecule has 1 atom stereocenters. The fourth-order valence-corrected chi connectivity index (χ4v) is 1.34. The van der Waals surface area contributed by atoms with E-state index in [2.05, 4.69) is 0 Å². The second kappa shape index (κ2) is 6.18. The van der Waals surface area contributed by atoms with Gasteiger partial charge in [-0.1, -0.05) is 6.07 Å². The van der Waals surface area contributed by atoms with Crippen LogP contribution in [0.1, 0.15) is 23.6 Å². The molecule has 0 saturated heterocycles. The molecule has 0 fully saturated rings. The average molecular weight is 273 g/mol. The number of hydrogen-bond acceptors (Lipinski definition) is 2. The van der Waals surface area contributed by atoms with Gasteiger partial charge in [-0.15, -0.1) is 12.4 Å². The van der Waals surface area contributed by atoms with Crippen LogP contribution in [0.3, 0.4) is 0 Å². The maximum Gasteiger partial charge on any atom is 0.419 e. The van der Waals surface area contributed by atoms with Crippen LogP contribution in [0.5, 0.6) is 0 Å². The minimum Gasteiger partial charge on any atom is -0.330 e. The molecule has 4 N–H and O–H groups in total. The van der Waals surface area contributed by atoms with Gasteiger partial charge in [0.2, 0.25) is 0 Å². The van der Waals surface area contributed by atoms with Gasteiger partial charge in [0.15, 0.2) is 0 Å². The fourth-order valence-electron chi connectivity index (χ4n) is 1.34. The van der Waals surface area contributed by atoms with Crippen molar-refractivity contribution in [3.8, 4) is 0 Å². The number of hydrogen-bond donors (Lipinski definition) is 2. The zero-order valence-electron chi connectivity index (χ0n) is 8.80. The van der Waals surface area contributed by atoms with Gasteiger partial charge in [0.25, 0.3) is 0 Å². The molecule has 0 spiro atoms. The summed E-state index contributed by atoms with van der Waals surface area (Å²) in [4.78, 5) is 0. The molecule has 0 aliphatic heterocycles. The first-order valence-electron chi connectivity index (χ1n) is 4.68. The Hall–Kier alpha value is -0.850. The molecule has 17 heavy (non-hydrogen) atoms. The van der Waals surface area contributed by atoms with Gasteiger partial charge in [-0.2, -0.15) is 13.2 Å². The van der Waals surface area contributed by atoms with Crippen LogP contribution in [-0.4, -0.2) is 6.54 Å². The summed E-state index contributed by atoms with van der Waals surface area (Å²) in [6, 6.07) is 2.14. The first-order valence-corrected chi connectivity index (χ1v) is 4.68. The molecule has 1 aromatic carbocycles. The Labute approximate surface area is 102 Å². The second-order valence-electron chi connectivity index (χ2n) is 3.42. The molecular weight excluding hydrogens is 260 g/mol. The minimum atomic E-state index is -4.68. The van der Waals surface area contributed by atoms with E-state index in [4.69, 9.17) is 11.5 Å². The Kier molecular flexibility index (Phi) is 5.87. The van der Waals surface area contributed by atoms with Gasteiger partial charge in [0.1, 0.15) is 5.82 Å². The van der Waals surface area contributed by atoms with E-state index in [1.54, 1.807) is 0 Å². The van der Waals surface area contributed by atoms with Gasteiger partial charge >= 0.3 is 6.18 Å². The lowest BCUT2D eigenvalue weighted by atomic mass is 10.0. The van der Waals surface area contributed by atoms with Crippen LogP contribution in [0, 0.1) is 5.82 Å². The molecule has 0 radical (unpaired) electrons. The van der Waals surface area contributed by atoms with Crippen molar-refractivity contribution in [2.24, 2.45) is 11.5 Å². The molecule has 0 aliphatic rings. The van der Waals surface area contributed by atoms with Gasteiger partial charge in [-0.05, 0) is 30.7 Å². The Balaban J connectivity index is 0.00000256. The summed E-state index contributed by atoms with van der Waals surface area (Å²) in [6.45, 7) is 0.295. The number of nitrogens with two attached hydrogens (primary N) is 2. The molecule has 7 heteroatoms. The van der Waals surface area contributed by atoms with Gasteiger partial charge in [-0.3, -0.25) is 0 Å². The van der Waals surface area contributed by atoms with Crippen molar-refractivity contribution < 1.29 is 17.6 Å². The molecule has 0 saturated carbocycles. The van der Waals surface area contributed by atoms with Crippen molar-refractivity contribution in [2.45, 2.75) is 18.6 Å². The lowest BCUT2D eigenvalue weighted by molar-refractivity contribution is -0.140. The summed E-state index contributed by atoms with van der Waals surface area (Å²) in [7, 11) is 0. The molecule has 2 nitrogen and oxygen atoms in total. The van der Waals surface area contributed by atoms with Crippen LogP contribution >= 0.6 is 12.4 Å². The minimum absolute atomic E-state index is 0. The molecule has 0 aromatic heterocycles. The molecular formula is C10H13ClF4N2. The van der Waals surface area contributed by atoms with Crippen LogP contribution in [0.4, 0.5) is 17.6 Å². The Bertz CT molecular complexity index is 368. The van der Waals surface area contributed by atoms with E-state index in [1.807, 2.05) is 0 Å². The van der Waals surface area contributed by atoms with Crippen molar-refractivity contribution in [1.82, 2.24) is 0 Å². The monoisotopic (exact) mass is 272 g/mol. The summed E-state index contributed by atoms with van der Waals surface area (Å²) in [5.41, 5.74) is 9.89. The van der Waals surface area contributed by atoms with Crippen molar-refractivity contribution in [3.63, 3.8) is 0 Å². The van der Waals surface area contributed by atoms with Crippen LogP contribution < -0.4 is 11.5 Å². The van der Waals surface area contributed by atoms with Crippen molar-refractivity contribution >= 4 is 12.4 Å². The third-order valence-corrected chi connectivity index (χ3v) is 2.20. The average Bonchev–Trinajstić information content (AvgIpc) is 2.16. The highest BCUT2D eigenvalue weighted by atomic mass is 35.5. The first-order chi connectivity index (χ1) is 7.36. The summed E-state index contributed by atoms with van der Waals surface area (Å²) in [5, 5.41) is 0. The van der Waals surface area contributed by atoms with E-state index in [-0.39, 0.29) is 12.4 Å². The van der Waals surface area contributed by atoms with Gasteiger partial charge in [0.05, 0.1) is 5.56 Å². The number of halogens is 5. The highest BCUT2D eigenvalue weighted by Crippen LogP contribution is 2.32. The van der Waals surface area contributed by atoms with Gasteiger partial charge in [0, 0.05) is 6.04 Å². The zero-order valence-corrected chi connectivity index (χ0v) is 9.61. The summed E-state index contributed by atoms with van der Waals surface area (Å²) in [6.07, 6.45) is -4.29. The van der Waals surface area contributed by atoms with E-state index >= 15 is 0 Å². The molecule has 0 unspecified atom stereocenters. The summed E-state index contributed by atoms with van der Waals surface area (Å²) < 4.78 is 49.9. The number of rotatable bonds is 3. The van der Waals surface area contributed by atoms with Crippen molar-refractivity contribution in [2.75, 3.05) is 6.54 Å². The van der Waals surface area contributed by atoms with E-state index < -0.39 is 23.6 Å². The highest BCUT2D eigenvalue weighted by molar-refractivity contribution is 5.85. The molecule has 1 aromatic rings. The highest BCUT2D eigenvalue weighted by Gasteiger charge is 2.34. The lowest BCUT2D eigenvalue weighted by Gasteiger charge is -2.13. The Morgan fingerprint density at radius 1 is 1.24 bits per heavy atom. The molecule has 0 aliphatic carbocycles. The summed E-state index contributed by atoms with van der Waals surface area (Å²) in [5.74, 6) is -1.31. The van der Waals surface area contributed by atoms with Crippen LogP contribution in [0.15, 0.2) is 18.2 Å². The normalized spacial score (nSPS) is 13.1. The molecule has 0 heterocycles. The molecule has 98 valence electrons. The third kappa shape index (κ3) is 4.14. The zero-order chi connectivity index (χ0) is 12.3. The van der Waals surface area contributed by atoms with Gasteiger partial charge in [-0.25, -0.2) is 4.39 Å². The van der Waals surface area contributed by atoms with Crippen LogP contribution in [-0.2, 0) is 6.18 Å². The summed E-state index contributed by atoms with van der Waals surface area (Å²) >= 11 is 0. The molecule has 1 rings (SSSR count). The lowest BCUT2D eigenvalue weighted by Crippen LogP contribution is -2.16. The smallest absolute Gasteiger partial charge is 0.330 e. The predicted octanol–water partition coefficient (Wildman–Crippen LogP) is 2.61. The maximum absolute atomic E-state index is 13.1. The molecule has 0 bridgehead atoms. The Morgan fingerprint density at radius 2 is 1.82 bits per heavy atom. The third-order valence-electron chi connectivity index (χ3n) is 2.20. The van der Waals surface area contributed by atoms with E-state index in [0.29, 0.717) is 24.6 Å². The quantitative estimate of drug-likeness (QED) is 0.831. The number of alkyl halides is 3. The first kappa shape index (κ1) is 16.1. The topological polar surface area (TPSA) is 52.0 Å². The van der Waals surface area contributed by atoms with E-state index in [0.717, 1.165) is 6.07 Å². The van der Waals surface area contributed by atoms with Gasteiger partial charge < -0.3 is 11.5 Å². The number of benzene rings is 1. The van der Waals surface area contributed by atoms with Crippen molar-refractivity contribution in [1.29, 1.82) is 0 Å². The predicted molar refractivity (Wildman–Crippen MR) is 59.2 cm³/mol. The SMILES string of the molecule is Cl.NCC[C@H](N)c1ccc(C(F)(F)F)c(F)c1. The maximum atomic E-state index is 13.1. The van der Waals surface area contributed by atoms with Crippen LogP contribution in [0.25, 0.3) is 0 Å². The van der Waals surface area contributed by atoms with Crippen molar-refractivity contribution in [3.05, 3.63) is 35.1 Å². The fraction of sp³-hybridized carbons (Fsp3) is 0.400. The second-order valence-corrected chi connectivity index (χ2v) is 3.42. The molecule has 0 amide bonds. The largest absolute Gasteiger partial charge is 0.419 e. The van der Waals surface area contributed by atoms with Crippen LogP contribution in [0.2, 0.25) is 0 Å². The standard InChI is InChI=1S/C10H12F4N2.ClH/c11-8-5-6(9(16)3-4-15)1-2-7(8)10(12,13)14;/h1-2,5,9H,3-4,15-16H2;1H/t9-;/m0./s1.